The number of nitrogens with one attached hydrogen (secondary N) is 1. The molecule has 1 aromatic carbocycles. The van der Waals surface area contributed by atoms with E-state index in [1.54, 1.807) is 0 Å². The minimum absolute atomic E-state index is 0.575. The summed E-state index contributed by atoms with van der Waals surface area (Å²) in [4.78, 5) is 1.48. The highest BCUT2D eigenvalue weighted by molar-refractivity contribution is 7.99. The van der Waals surface area contributed by atoms with Crippen LogP contribution in [0.15, 0.2) is 29.2 Å². The quantitative estimate of drug-likeness (QED) is 0.792. The third-order valence-corrected chi connectivity index (χ3v) is 4.79. The number of hydrogen-bond donors (Lipinski definition) is 1. The van der Waals surface area contributed by atoms with Gasteiger partial charge in [0.1, 0.15) is 0 Å². The molecule has 1 aliphatic rings. The normalized spacial score (nSPS) is 18.9. The second-order valence-corrected chi connectivity index (χ2v) is 6.31. The minimum Gasteiger partial charge on any atom is -0.307 e. The molecule has 18 heavy (non-hydrogen) atoms. The molecule has 1 atom stereocenters. The molecule has 1 unspecified atom stereocenters. The van der Waals surface area contributed by atoms with Crippen molar-refractivity contribution in [1.29, 1.82) is 0 Å². The maximum atomic E-state index is 3.90. The molecule has 1 N–H and O–H groups in total. The van der Waals surface area contributed by atoms with Gasteiger partial charge in [0.05, 0.1) is 0 Å². The van der Waals surface area contributed by atoms with Crippen molar-refractivity contribution >= 4 is 11.8 Å². The third-order valence-electron chi connectivity index (χ3n) is 3.67. The maximum absolute atomic E-state index is 3.90. The highest BCUT2D eigenvalue weighted by atomic mass is 32.2. The van der Waals surface area contributed by atoms with Crippen molar-refractivity contribution in [3.8, 4) is 0 Å². The fourth-order valence-electron chi connectivity index (χ4n) is 2.81. The molecule has 0 radical (unpaired) electrons. The lowest BCUT2D eigenvalue weighted by molar-refractivity contribution is 0.379. The van der Waals surface area contributed by atoms with Crippen molar-refractivity contribution in [3.63, 3.8) is 0 Å². The lowest BCUT2D eigenvalue weighted by atomic mass is 9.99. The first-order valence-electron chi connectivity index (χ1n) is 7.33. The fourth-order valence-corrected chi connectivity index (χ4v) is 3.93. The van der Waals surface area contributed by atoms with Crippen molar-refractivity contribution in [3.05, 3.63) is 29.8 Å². The smallest absolute Gasteiger partial charge is 0.0341 e. The largest absolute Gasteiger partial charge is 0.307 e. The first-order valence-corrected chi connectivity index (χ1v) is 8.31. The van der Waals surface area contributed by atoms with Crippen LogP contribution < -0.4 is 5.32 Å². The van der Waals surface area contributed by atoms with Crippen molar-refractivity contribution in [2.45, 2.75) is 62.9 Å². The topological polar surface area (TPSA) is 12.0 Å². The van der Waals surface area contributed by atoms with Crippen molar-refractivity contribution in [2.75, 3.05) is 5.75 Å². The number of hydrogen-bond acceptors (Lipinski definition) is 2. The van der Waals surface area contributed by atoms with Crippen molar-refractivity contribution in [2.24, 2.45) is 0 Å². The number of thioether (sulfide) groups is 1. The van der Waals surface area contributed by atoms with E-state index in [-0.39, 0.29) is 0 Å². The van der Waals surface area contributed by atoms with Gasteiger partial charge in [0.25, 0.3) is 0 Å². The van der Waals surface area contributed by atoms with Gasteiger partial charge in [-0.1, -0.05) is 44.9 Å². The predicted octanol–water partition coefficient (Wildman–Crippen LogP) is 4.78. The molecular weight excluding hydrogens is 238 g/mol. The van der Waals surface area contributed by atoms with Crippen LogP contribution in [-0.2, 0) is 0 Å². The third kappa shape index (κ3) is 3.52. The summed E-state index contributed by atoms with van der Waals surface area (Å²) in [7, 11) is 0. The Labute approximate surface area is 116 Å². The molecule has 2 rings (SSSR count). The van der Waals surface area contributed by atoms with E-state index < -0.39 is 0 Å². The second-order valence-electron chi connectivity index (χ2n) is 5.17. The van der Waals surface area contributed by atoms with Crippen LogP contribution in [0.25, 0.3) is 0 Å². The lowest BCUT2D eigenvalue weighted by Gasteiger charge is -2.30. The van der Waals surface area contributed by atoms with Gasteiger partial charge < -0.3 is 5.32 Å². The van der Waals surface area contributed by atoms with Crippen LogP contribution in [0.1, 0.15) is 57.6 Å². The molecule has 0 aromatic heterocycles. The van der Waals surface area contributed by atoms with Crippen LogP contribution in [0, 0.1) is 0 Å². The van der Waals surface area contributed by atoms with Crippen LogP contribution in [0.5, 0.6) is 0 Å². The Morgan fingerprint density at radius 2 is 1.94 bits per heavy atom. The Kier molecular flexibility index (Phi) is 5.58. The van der Waals surface area contributed by atoms with Crippen LogP contribution in [-0.4, -0.2) is 11.8 Å². The van der Waals surface area contributed by atoms with E-state index in [1.807, 2.05) is 11.8 Å². The first-order chi connectivity index (χ1) is 8.85. The van der Waals surface area contributed by atoms with Crippen molar-refractivity contribution in [1.82, 2.24) is 5.32 Å². The molecule has 1 aromatic rings. The van der Waals surface area contributed by atoms with Crippen LogP contribution in [0.4, 0.5) is 0 Å². The molecule has 100 valence electrons. The molecule has 0 fully saturated rings. The van der Waals surface area contributed by atoms with Crippen molar-refractivity contribution < 1.29 is 0 Å². The summed E-state index contributed by atoms with van der Waals surface area (Å²) in [5, 5.41) is 3.90. The van der Waals surface area contributed by atoms with Gasteiger partial charge in [-0.15, -0.1) is 11.8 Å². The Hall–Kier alpha value is -0.470. The summed E-state index contributed by atoms with van der Waals surface area (Å²) < 4.78 is 0. The molecule has 1 nitrogen and oxygen atoms in total. The zero-order chi connectivity index (χ0) is 12.8. The Morgan fingerprint density at radius 1 is 1.22 bits per heavy atom. The predicted molar refractivity (Wildman–Crippen MR) is 81.3 cm³/mol. The standard InChI is InChI=1S/C16H25NS/c1-3-7-13(8-4-2)17-15-11-12-18-16-10-6-5-9-14(15)16/h5-6,9-10,13,15,17H,3-4,7-8,11-12H2,1-2H3. The first kappa shape index (κ1) is 14.0. The zero-order valence-corrected chi connectivity index (χ0v) is 12.4. The Morgan fingerprint density at radius 3 is 2.67 bits per heavy atom. The molecule has 0 amide bonds. The summed E-state index contributed by atoms with van der Waals surface area (Å²) in [5.74, 6) is 1.25. The fraction of sp³-hybridized carbons (Fsp3) is 0.625. The highest BCUT2D eigenvalue weighted by Crippen LogP contribution is 2.36. The number of benzene rings is 1. The SMILES string of the molecule is CCCC(CCC)NC1CCSc2ccccc21. The van der Waals surface area contributed by atoms with E-state index in [0.717, 1.165) is 0 Å². The monoisotopic (exact) mass is 263 g/mol. The molecule has 0 saturated carbocycles. The van der Waals surface area contributed by atoms with Gasteiger partial charge in [0.2, 0.25) is 0 Å². The molecule has 0 bridgehead atoms. The lowest BCUT2D eigenvalue weighted by Crippen LogP contribution is -2.34. The van der Waals surface area contributed by atoms with Gasteiger partial charge >= 0.3 is 0 Å². The van der Waals surface area contributed by atoms with E-state index in [1.165, 1.54) is 48.3 Å². The average Bonchev–Trinajstić information content (AvgIpc) is 2.40. The van der Waals surface area contributed by atoms with E-state index in [2.05, 4.69) is 43.4 Å². The minimum atomic E-state index is 0.575. The highest BCUT2D eigenvalue weighted by Gasteiger charge is 2.22. The molecular formula is C16H25NS. The zero-order valence-electron chi connectivity index (χ0n) is 11.6. The summed E-state index contributed by atoms with van der Waals surface area (Å²) in [6, 6.07) is 10.2. The molecule has 0 aliphatic carbocycles. The van der Waals surface area contributed by atoms with Gasteiger partial charge in [-0.05, 0) is 36.6 Å². The molecule has 0 spiro atoms. The van der Waals surface area contributed by atoms with Crippen LogP contribution >= 0.6 is 11.8 Å². The van der Waals surface area contributed by atoms with E-state index in [4.69, 9.17) is 0 Å². The van der Waals surface area contributed by atoms with Gasteiger partial charge in [0, 0.05) is 17.0 Å². The van der Waals surface area contributed by atoms with Gasteiger partial charge in [-0.3, -0.25) is 0 Å². The van der Waals surface area contributed by atoms with Gasteiger partial charge in [0.15, 0.2) is 0 Å². The Bertz CT molecular complexity index is 358. The van der Waals surface area contributed by atoms with Crippen LogP contribution in [0.2, 0.25) is 0 Å². The maximum Gasteiger partial charge on any atom is 0.0341 e. The summed E-state index contributed by atoms with van der Waals surface area (Å²) in [6.07, 6.45) is 6.44. The second kappa shape index (κ2) is 7.20. The summed E-state index contributed by atoms with van der Waals surface area (Å²) >= 11 is 2.01. The van der Waals surface area contributed by atoms with E-state index in [0.29, 0.717) is 12.1 Å². The van der Waals surface area contributed by atoms with E-state index >= 15 is 0 Å². The van der Waals surface area contributed by atoms with Gasteiger partial charge in [-0.2, -0.15) is 0 Å². The molecule has 0 saturated heterocycles. The number of fused-ring (bicyclic) bond motifs is 1. The number of rotatable bonds is 6. The molecule has 1 aliphatic heterocycles. The average molecular weight is 263 g/mol. The van der Waals surface area contributed by atoms with Gasteiger partial charge in [-0.25, -0.2) is 0 Å². The summed E-state index contributed by atoms with van der Waals surface area (Å²) in [6.45, 7) is 4.57. The van der Waals surface area contributed by atoms with E-state index in [9.17, 15) is 0 Å². The van der Waals surface area contributed by atoms with Crippen LogP contribution in [0.3, 0.4) is 0 Å². The molecule has 1 heterocycles. The summed E-state index contributed by atoms with van der Waals surface area (Å²) in [5.41, 5.74) is 1.52. The Balaban J connectivity index is 2.05. The molecule has 2 heteroatoms.